The van der Waals surface area contributed by atoms with E-state index >= 15 is 0 Å². The number of hydrogen-bond donors (Lipinski definition) is 5. The van der Waals surface area contributed by atoms with Gasteiger partial charge in [-0.05, 0) is 41.0 Å². The first kappa shape index (κ1) is 24.8. The standard InChI is InChI=1S/C31H26O8/c1-31(15-16-6-7-17-4-2-3-5-18(17)8-16)27(35)12-22-24(39-31)14-25-28(30(22)37)23(34)13-26(38-25)29(36)19-9-20(32)11-21(33)10-19/h2-11,13-14,27,29,32-33,35-37H,12,15H2,1H3. The van der Waals surface area contributed by atoms with Gasteiger partial charge >= 0.3 is 0 Å². The third-order valence-corrected chi connectivity index (χ3v) is 7.40. The van der Waals surface area contributed by atoms with E-state index in [4.69, 9.17) is 9.15 Å². The highest BCUT2D eigenvalue weighted by molar-refractivity contribution is 5.87. The second-order valence-electron chi connectivity index (χ2n) is 10.3. The van der Waals surface area contributed by atoms with E-state index in [0.717, 1.165) is 28.5 Å². The Balaban J connectivity index is 1.39. The maximum Gasteiger partial charge on any atom is 0.196 e. The lowest BCUT2D eigenvalue weighted by Crippen LogP contribution is -2.50. The molecule has 5 aromatic rings. The number of aliphatic hydroxyl groups excluding tert-OH is 2. The van der Waals surface area contributed by atoms with Crippen LogP contribution in [0.3, 0.4) is 0 Å². The molecule has 0 radical (unpaired) electrons. The van der Waals surface area contributed by atoms with Crippen molar-refractivity contribution in [3.05, 3.63) is 105 Å². The Labute approximate surface area is 222 Å². The lowest BCUT2D eigenvalue weighted by atomic mass is 9.83. The number of aliphatic hydroxyl groups is 2. The van der Waals surface area contributed by atoms with Crippen molar-refractivity contribution < 1.29 is 34.7 Å². The molecule has 5 N–H and O–H groups in total. The van der Waals surface area contributed by atoms with Gasteiger partial charge in [0.2, 0.25) is 0 Å². The zero-order valence-electron chi connectivity index (χ0n) is 21.0. The minimum absolute atomic E-state index is 0.0124. The quantitative estimate of drug-likeness (QED) is 0.232. The summed E-state index contributed by atoms with van der Waals surface area (Å²) >= 11 is 0. The second kappa shape index (κ2) is 9.04. The topological polar surface area (TPSA) is 141 Å². The number of benzene rings is 4. The SMILES string of the molecule is CC1(Cc2ccc3ccccc3c2)Oc2cc3oc(C(O)c4cc(O)cc(O)c4)cc(=O)c3c(O)c2CC1O. The lowest BCUT2D eigenvalue weighted by Gasteiger charge is -2.40. The van der Waals surface area contributed by atoms with E-state index in [1.54, 1.807) is 6.92 Å². The Morgan fingerprint density at radius 1 is 0.949 bits per heavy atom. The molecule has 8 nitrogen and oxygen atoms in total. The molecule has 2 heterocycles. The number of hydrogen-bond acceptors (Lipinski definition) is 8. The predicted molar refractivity (Wildman–Crippen MR) is 144 cm³/mol. The van der Waals surface area contributed by atoms with Gasteiger partial charge < -0.3 is 34.7 Å². The Hall–Kier alpha value is -4.53. The van der Waals surface area contributed by atoms with Crippen LogP contribution in [0.15, 0.2) is 82.0 Å². The van der Waals surface area contributed by atoms with E-state index in [1.165, 1.54) is 18.2 Å². The van der Waals surface area contributed by atoms with Gasteiger partial charge in [-0.25, -0.2) is 0 Å². The van der Waals surface area contributed by atoms with Crippen LogP contribution in [0.4, 0.5) is 0 Å². The van der Waals surface area contributed by atoms with Gasteiger partial charge in [-0.3, -0.25) is 4.79 Å². The maximum atomic E-state index is 13.0. The molecular formula is C31H26O8. The summed E-state index contributed by atoms with van der Waals surface area (Å²) in [5.41, 5.74) is -0.277. The van der Waals surface area contributed by atoms with Crippen LogP contribution in [-0.4, -0.2) is 37.2 Å². The minimum atomic E-state index is -1.47. The lowest BCUT2D eigenvalue weighted by molar-refractivity contribution is -0.0541. The summed E-state index contributed by atoms with van der Waals surface area (Å²) in [5, 5.41) is 54.5. The van der Waals surface area contributed by atoms with E-state index < -0.39 is 23.2 Å². The Morgan fingerprint density at radius 3 is 2.41 bits per heavy atom. The first-order valence-electron chi connectivity index (χ1n) is 12.5. The first-order chi connectivity index (χ1) is 18.6. The Morgan fingerprint density at radius 2 is 1.67 bits per heavy atom. The van der Waals surface area contributed by atoms with Crippen molar-refractivity contribution in [3.8, 4) is 23.0 Å². The zero-order chi connectivity index (χ0) is 27.5. The average molecular weight is 527 g/mol. The molecule has 6 rings (SSSR count). The zero-order valence-corrected chi connectivity index (χ0v) is 21.0. The molecule has 3 atom stereocenters. The molecule has 39 heavy (non-hydrogen) atoms. The molecule has 0 saturated carbocycles. The molecule has 3 unspecified atom stereocenters. The van der Waals surface area contributed by atoms with Gasteiger partial charge in [-0.2, -0.15) is 0 Å². The average Bonchev–Trinajstić information content (AvgIpc) is 2.88. The highest BCUT2D eigenvalue weighted by Gasteiger charge is 2.42. The molecular weight excluding hydrogens is 500 g/mol. The number of phenols is 3. The van der Waals surface area contributed by atoms with Crippen LogP contribution in [0.25, 0.3) is 21.7 Å². The fourth-order valence-corrected chi connectivity index (χ4v) is 5.34. The third kappa shape index (κ3) is 4.33. The fraction of sp³-hybridized carbons (Fsp3) is 0.194. The molecule has 1 aliphatic heterocycles. The van der Waals surface area contributed by atoms with Crippen LogP contribution in [0, 0.1) is 0 Å². The molecule has 0 fully saturated rings. The number of fused-ring (bicyclic) bond motifs is 3. The molecule has 198 valence electrons. The van der Waals surface area contributed by atoms with Crippen LogP contribution in [0.1, 0.15) is 35.5 Å². The van der Waals surface area contributed by atoms with Gasteiger partial charge in [-0.15, -0.1) is 0 Å². The van der Waals surface area contributed by atoms with Crippen LogP contribution in [-0.2, 0) is 12.8 Å². The molecule has 1 aliphatic rings. The summed E-state index contributed by atoms with van der Waals surface area (Å²) in [6.07, 6.45) is -1.99. The Bertz CT molecular complexity index is 1790. The van der Waals surface area contributed by atoms with E-state index in [-0.39, 0.29) is 51.7 Å². The molecule has 8 heteroatoms. The first-order valence-corrected chi connectivity index (χ1v) is 12.5. The van der Waals surface area contributed by atoms with E-state index in [0.29, 0.717) is 12.0 Å². The van der Waals surface area contributed by atoms with E-state index in [2.05, 4.69) is 6.07 Å². The van der Waals surface area contributed by atoms with E-state index in [9.17, 15) is 30.3 Å². The normalized spacial score (nSPS) is 19.5. The van der Waals surface area contributed by atoms with Crippen molar-refractivity contribution in [2.24, 2.45) is 0 Å². The number of ether oxygens (including phenoxy) is 1. The molecule has 0 bridgehead atoms. The van der Waals surface area contributed by atoms with Gasteiger partial charge in [0, 0.05) is 36.6 Å². The second-order valence-corrected chi connectivity index (χ2v) is 10.3. The fourth-order valence-electron chi connectivity index (χ4n) is 5.34. The van der Waals surface area contributed by atoms with Crippen molar-refractivity contribution in [2.75, 3.05) is 0 Å². The molecule has 0 spiro atoms. The molecule has 1 aromatic heterocycles. The van der Waals surface area contributed by atoms with Gasteiger partial charge in [0.05, 0.1) is 6.10 Å². The van der Waals surface area contributed by atoms with Gasteiger partial charge in [-0.1, -0.05) is 42.5 Å². The van der Waals surface area contributed by atoms with Gasteiger partial charge in [0.1, 0.15) is 51.4 Å². The summed E-state index contributed by atoms with van der Waals surface area (Å²) in [4.78, 5) is 13.0. The van der Waals surface area contributed by atoms with Crippen LogP contribution >= 0.6 is 0 Å². The minimum Gasteiger partial charge on any atom is -0.508 e. The molecule has 0 aliphatic carbocycles. The summed E-state index contributed by atoms with van der Waals surface area (Å²) in [5.74, 6) is -0.766. The van der Waals surface area contributed by atoms with Gasteiger partial charge in [0.25, 0.3) is 0 Å². The van der Waals surface area contributed by atoms with Crippen LogP contribution in [0.2, 0.25) is 0 Å². The van der Waals surface area contributed by atoms with Crippen molar-refractivity contribution in [2.45, 2.75) is 37.6 Å². The van der Waals surface area contributed by atoms with Crippen molar-refractivity contribution in [1.82, 2.24) is 0 Å². The van der Waals surface area contributed by atoms with Crippen LogP contribution < -0.4 is 10.2 Å². The number of aromatic hydroxyl groups is 3. The summed E-state index contributed by atoms with van der Waals surface area (Å²) in [6.45, 7) is 1.79. The summed E-state index contributed by atoms with van der Waals surface area (Å²) in [7, 11) is 0. The largest absolute Gasteiger partial charge is 0.508 e. The van der Waals surface area contributed by atoms with E-state index in [1.807, 2.05) is 36.4 Å². The van der Waals surface area contributed by atoms with Gasteiger partial charge in [0.15, 0.2) is 5.43 Å². The highest BCUT2D eigenvalue weighted by atomic mass is 16.5. The predicted octanol–water partition coefficient (Wildman–Crippen LogP) is 4.44. The van der Waals surface area contributed by atoms with Crippen LogP contribution in [0.5, 0.6) is 23.0 Å². The number of rotatable bonds is 4. The van der Waals surface area contributed by atoms with Crippen molar-refractivity contribution >= 4 is 21.7 Å². The van der Waals surface area contributed by atoms with Crippen molar-refractivity contribution in [1.29, 1.82) is 0 Å². The monoisotopic (exact) mass is 526 g/mol. The summed E-state index contributed by atoms with van der Waals surface area (Å²) in [6, 6.07) is 20.2. The maximum absolute atomic E-state index is 13.0. The van der Waals surface area contributed by atoms with Crippen molar-refractivity contribution in [3.63, 3.8) is 0 Å². The Kier molecular flexibility index (Phi) is 5.75. The summed E-state index contributed by atoms with van der Waals surface area (Å²) < 4.78 is 12.1. The molecule has 0 amide bonds. The third-order valence-electron chi connectivity index (χ3n) is 7.40. The molecule has 0 saturated heterocycles. The molecule has 4 aromatic carbocycles. The highest BCUT2D eigenvalue weighted by Crippen LogP contribution is 2.43. The smallest absolute Gasteiger partial charge is 0.196 e. The number of phenolic OH excluding ortho intramolecular Hbond substituents is 3.